The number of tetrazole rings is 1. The maximum atomic E-state index is 6.18. The lowest BCUT2D eigenvalue weighted by Crippen LogP contribution is -3.13. The highest BCUT2D eigenvalue weighted by atomic mass is 35.5. The van der Waals surface area contributed by atoms with Crippen LogP contribution in [-0.4, -0.2) is 46.4 Å². The first-order valence-corrected chi connectivity index (χ1v) is 9.41. The van der Waals surface area contributed by atoms with Gasteiger partial charge in [-0.3, -0.25) is 0 Å². The van der Waals surface area contributed by atoms with Gasteiger partial charge in [-0.1, -0.05) is 24.6 Å². The third kappa shape index (κ3) is 3.96. The van der Waals surface area contributed by atoms with E-state index < -0.39 is 0 Å². The van der Waals surface area contributed by atoms with Gasteiger partial charge < -0.3 is 9.80 Å². The van der Waals surface area contributed by atoms with E-state index in [0.717, 1.165) is 50.0 Å². The number of piperazine rings is 1. The maximum Gasteiger partial charge on any atom is 0.206 e. The van der Waals surface area contributed by atoms with Crippen molar-refractivity contribution < 1.29 is 4.90 Å². The maximum absolute atomic E-state index is 6.18. The van der Waals surface area contributed by atoms with E-state index in [2.05, 4.69) is 60.3 Å². The number of nitrogens with zero attached hydrogens (tertiary/aromatic N) is 5. The van der Waals surface area contributed by atoms with Crippen LogP contribution in [0.5, 0.6) is 0 Å². The van der Waals surface area contributed by atoms with E-state index in [1.54, 1.807) is 0 Å². The Hall–Kier alpha value is -1.66. The molecule has 2 aromatic rings. The summed E-state index contributed by atoms with van der Waals surface area (Å²) in [5.41, 5.74) is 2.49. The first kappa shape index (κ1) is 18.1. The second-order valence-electron chi connectivity index (χ2n) is 7.52. The van der Waals surface area contributed by atoms with Crippen LogP contribution in [0.1, 0.15) is 38.6 Å². The van der Waals surface area contributed by atoms with E-state index in [1.807, 2.05) is 10.7 Å². The van der Waals surface area contributed by atoms with E-state index in [9.17, 15) is 0 Å². The normalized spacial score (nSPS) is 16.4. The number of halogens is 1. The average Bonchev–Trinajstić information content (AvgIpc) is 3.07. The topological polar surface area (TPSA) is 51.3 Å². The minimum absolute atomic E-state index is 0.0437. The molecule has 25 heavy (non-hydrogen) atoms. The third-order valence-electron chi connectivity index (χ3n) is 5.36. The Morgan fingerprint density at radius 2 is 1.96 bits per heavy atom. The lowest BCUT2D eigenvalue weighted by atomic mass is 10.0. The fourth-order valence-corrected chi connectivity index (χ4v) is 3.49. The van der Waals surface area contributed by atoms with Gasteiger partial charge in [-0.2, -0.15) is 0 Å². The highest BCUT2D eigenvalue weighted by Gasteiger charge is 2.27. The van der Waals surface area contributed by atoms with Crippen LogP contribution in [0.4, 0.5) is 5.69 Å². The number of aromatic nitrogens is 4. The van der Waals surface area contributed by atoms with E-state index >= 15 is 0 Å². The molecule has 0 spiro atoms. The molecular formula is C18H28ClN6+. The molecule has 0 atom stereocenters. The number of hydrogen-bond acceptors (Lipinski definition) is 4. The summed E-state index contributed by atoms with van der Waals surface area (Å²) in [6.07, 6.45) is 1.00. The fourth-order valence-electron chi connectivity index (χ4n) is 3.32. The van der Waals surface area contributed by atoms with E-state index in [4.69, 9.17) is 11.6 Å². The SMILES string of the molecule is CCC(C)(C)n1nnnc1C[NH+]1CCN(c2cc(Cl)ccc2C)CC1. The van der Waals surface area contributed by atoms with Gasteiger partial charge in [-0.25, -0.2) is 4.68 Å². The molecule has 3 rings (SSSR count). The van der Waals surface area contributed by atoms with Crippen LogP contribution >= 0.6 is 11.6 Å². The molecule has 0 aliphatic carbocycles. The summed E-state index contributed by atoms with van der Waals surface area (Å²) in [7, 11) is 0. The number of rotatable bonds is 5. The average molecular weight is 364 g/mol. The number of hydrogen-bond donors (Lipinski definition) is 1. The molecule has 1 aromatic carbocycles. The van der Waals surface area contributed by atoms with Gasteiger partial charge in [-0.15, -0.1) is 5.10 Å². The molecule has 1 aliphatic rings. The fraction of sp³-hybridized carbons (Fsp3) is 0.611. The molecule has 0 bridgehead atoms. The molecule has 1 N–H and O–H groups in total. The van der Waals surface area contributed by atoms with Gasteiger partial charge in [0.05, 0.1) is 31.7 Å². The second kappa shape index (κ2) is 7.30. The third-order valence-corrected chi connectivity index (χ3v) is 5.60. The van der Waals surface area contributed by atoms with Gasteiger partial charge in [-0.05, 0) is 55.3 Å². The van der Waals surface area contributed by atoms with Crippen LogP contribution in [-0.2, 0) is 12.1 Å². The van der Waals surface area contributed by atoms with Crippen LogP contribution in [0.15, 0.2) is 18.2 Å². The largest absolute Gasteiger partial charge is 0.360 e. The molecule has 1 saturated heterocycles. The van der Waals surface area contributed by atoms with Crippen molar-refractivity contribution in [3.05, 3.63) is 34.6 Å². The smallest absolute Gasteiger partial charge is 0.206 e. The Balaban J connectivity index is 1.64. The van der Waals surface area contributed by atoms with Gasteiger partial charge in [0.1, 0.15) is 6.54 Å². The van der Waals surface area contributed by atoms with Crippen LogP contribution in [0, 0.1) is 6.92 Å². The summed E-state index contributed by atoms with van der Waals surface area (Å²) in [4.78, 5) is 3.96. The predicted molar refractivity (Wildman–Crippen MR) is 100 cm³/mol. The van der Waals surface area contributed by atoms with Crippen molar-refractivity contribution in [3.63, 3.8) is 0 Å². The highest BCUT2D eigenvalue weighted by Crippen LogP contribution is 2.24. The number of benzene rings is 1. The first-order chi connectivity index (χ1) is 11.9. The summed E-state index contributed by atoms with van der Waals surface area (Å²) in [6, 6.07) is 6.13. The molecular weight excluding hydrogens is 336 g/mol. The van der Waals surface area contributed by atoms with Crippen LogP contribution in [0.25, 0.3) is 0 Å². The minimum atomic E-state index is -0.0437. The first-order valence-electron chi connectivity index (χ1n) is 9.03. The molecule has 0 unspecified atom stereocenters. The van der Waals surface area contributed by atoms with Crippen molar-refractivity contribution >= 4 is 17.3 Å². The van der Waals surface area contributed by atoms with Crippen molar-refractivity contribution in [1.29, 1.82) is 0 Å². The molecule has 136 valence electrons. The summed E-state index contributed by atoms with van der Waals surface area (Å²) in [6.45, 7) is 13.8. The molecule has 0 radical (unpaired) electrons. The Bertz CT molecular complexity index is 718. The van der Waals surface area contributed by atoms with Crippen molar-refractivity contribution in [2.24, 2.45) is 0 Å². The molecule has 1 aliphatic heterocycles. The Kier molecular flexibility index (Phi) is 5.29. The van der Waals surface area contributed by atoms with Crippen molar-refractivity contribution in [1.82, 2.24) is 20.2 Å². The van der Waals surface area contributed by atoms with Gasteiger partial charge >= 0.3 is 0 Å². The summed E-state index contributed by atoms with van der Waals surface area (Å²) < 4.78 is 1.99. The quantitative estimate of drug-likeness (QED) is 0.878. The molecule has 0 saturated carbocycles. The molecule has 0 amide bonds. The van der Waals surface area contributed by atoms with Crippen molar-refractivity contribution in [2.45, 2.75) is 46.2 Å². The van der Waals surface area contributed by atoms with Crippen molar-refractivity contribution in [2.75, 3.05) is 31.1 Å². The monoisotopic (exact) mass is 363 g/mol. The Labute approximate surface area is 154 Å². The number of aryl methyl sites for hydroxylation is 1. The van der Waals surface area contributed by atoms with Gasteiger partial charge in [0.25, 0.3) is 0 Å². The van der Waals surface area contributed by atoms with Gasteiger partial charge in [0.2, 0.25) is 5.82 Å². The van der Waals surface area contributed by atoms with Crippen LogP contribution in [0.3, 0.4) is 0 Å². The van der Waals surface area contributed by atoms with E-state index in [1.165, 1.54) is 16.2 Å². The molecule has 1 fully saturated rings. The molecule has 2 heterocycles. The van der Waals surface area contributed by atoms with Gasteiger partial charge in [0, 0.05) is 10.7 Å². The zero-order chi connectivity index (χ0) is 18.0. The van der Waals surface area contributed by atoms with Gasteiger partial charge in [0.15, 0.2) is 0 Å². The Morgan fingerprint density at radius 3 is 2.64 bits per heavy atom. The number of quaternary nitrogens is 1. The zero-order valence-electron chi connectivity index (χ0n) is 15.6. The second-order valence-corrected chi connectivity index (χ2v) is 7.95. The lowest BCUT2D eigenvalue weighted by molar-refractivity contribution is -0.915. The van der Waals surface area contributed by atoms with E-state index in [0.29, 0.717) is 0 Å². The van der Waals surface area contributed by atoms with Crippen molar-refractivity contribution in [3.8, 4) is 0 Å². The number of nitrogens with one attached hydrogen (secondary N) is 1. The van der Waals surface area contributed by atoms with Crippen LogP contribution in [0.2, 0.25) is 5.02 Å². The molecule has 1 aromatic heterocycles. The van der Waals surface area contributed by atoms with E-state index in [-0.39, 0.29) is 5.54 Å². The zero-order valence-corrected chi connectivity index (χ0v) is 16.3. The molecule has 6 nitrogen and oxygen atoms in total. The van der Waals surface area contributed by atoms with Crippen LogP contribution < -0.4 is 9.80 Å². The predicted octanol–water partition coefficient (Wildman–Crippen LogP) is 1.69. The Morgan fingerprint density at radius 1 is 1.24 bits per heavy atom. The summed E-state index contributed by atoms with van der Waals surface area (Å²) >= 11 is 6.18. The lowest BCUT2D eigenvalue weighted by Gasteiger charge is -2.34. The number of anilines is 1. The molecule has 7 heteroatoms. The summed E-state index contributed by atoms with van der Waals surface area (Å²) in [5.74, 6) is 0.981. The summed E-state index contributed by atoms with van der Waals surface area (Å²) in [5, 5.41) is 13.2. The minimum Gasteiger partial charge on any atom is -0.360 e. The standard InChI is InChI=1S/C18H27ClN6/c1-5-18(3,4)25-17(20-21-22-25)13-23-8-10-24(11-9-23)16-12-15(19)7-6-14(16)2/h6-7,12H,5,8-11,13H2,1-4H3/p+1. The highest BCUT2D eigenvalue weighted by molar-refractivity contribution is 6.30.